The molecule has 4 atom stereocenters. The Bertz CT molecular complexity index is 279. The third-order valence-electron chi connectivity index (χ3n) is 4.28. The van der Waals surface area contributed by atoms with Crippen molar-refractivity contribution >= 4 is 5.91 Å². The lowest BCUT2D eigenvalue weighted by Gasteiger charge is -2.23. The minimum absolute atomic E-state index is 0.0954. The maximum absolute atomic E-state index is 12.4. The Balaban J connectivity index is 1.97. The summed E-state index contributed by atoms with van der Waals surface area (Å²) in [6.45, 7) is 6.58. The van der Waals surface area contributed by atoms with Crippen molar-refractivity contribution in [3.8, 4) is 0 Å². The van der Waals surface area contributed by atoms with Gasteiger partial charge in [-0.2, -0.15) is 0 Å². The van der Waals surface area contributed by atoms with Gasteiger partial charge in [0.15, 0.2) is 0 Å². The molecular weight excluding hydrogens is 212 g/mol. The molecule has 17 heavy (non-hydrogen) atoms. The maximum atomic E-state index is 12.4. The Morgan fingerprint density at radius 1 is 1.29 bits per heavy atom. The minimum atomic E-state index is 0.0954. The molecule has 98 valence electrons. The lowest BCUT2D eigenvalue weighted by Crippen LogP contribution is -2.39. The second kappa shape index (κ2) is 5.38. The molecule has 0 aromatic carbocycles. The van der Waals surface area contributed by atoms with Gasteiger partial charge in [-0.1, -0.05) is 40.0 Å². The Labute approximate surface area is 105 Å². The molecule has 1 amide bonds. The highest BCUT2D eigenvalue weighted by molar-refractivity contribution is 5.85. The van der Waals surface area contributed by atoms with Crippen molar-refractivity contribution in [2.24, 2.45) is 5.92 Å². The highest BCUT2D eigenvalue weighted by Crippen LogP contribution is 2.41. The van der Waals surface area contributed by atoms with E-state index < -0.39 is 0 Å². The summed E-state index contributed by atoms with van der Waals surface area (Å²) in [5, 5.41) is 3.52. The van der Waals surface area contributed by atoms with E-state index in [2.05, 4.69) is 31.0 Å². The number of nitrogens with one attached hydrogen (secondary N) is 1. The van der Waals surface area contributed by atoms with Gasteiger partial charge < -0.3 is 4.90 Å². The summed E-state index contributed by atoms with van der Waals surface area (Å²) in [7, 11) is 0. The van der Waals surface area contributed by atoms with Crippen molar-refractivity contribution in [3.63, 3.8) is 0 Å². The van der Waals surface area contributed by atoms with Crippen LogP contribution in [0.5, 0.6) is 0 Å². The molecule has 1 heterocycles. The van der Waals surface area contributed by atoms with Gasteiger partial charge in [0, 0.05) is 6.04 Å². The van der Waals surface area contributed by atoms with Crippen LogP contribution in [0, 0.1) is 5.92 Å². The maximum Gasteiger partial charge on any atom is 0.241 e. The normalized spacial score (nSPS) is 36.6. The van der Waals surface area contributed by atoms with Crippen molar-refractivity contribution in [1.29, 1.82) is 0 Å². The number of carbonyl (C=O) groups excluding carboxylic acids is 1. The Morgan fingerprint density at radius 2 is 2.06 bits per heavy atom. The molecule has 2 aliphatic rings. The minimum Gasteiger partial charge on any atom is -0.323 e. The predicted octanol–water partition coefficient (Wildman–Crippen LogP) is 2.51. The molecule has 1 aliphatic carbocycles. The van der Waals surface area contributed by atoms with E-state index in [1.807, 2.05) is 0 Å². The van der Waals surface area contributed by atoms with Crippen LogP contribution in [-0.4, -0.2) is 29.1 Å². The number of hydrogen-bond donors (Lipinski definition) is 1. The first-order valence-corrected chi connectivity index (χ1v) is 7.31. The zero-order valence-corrected chi connectivity index (χ0v) is 11.4. The van der Waals surface area contributed by atoms with E-state index in [4.69, 9.17) is 0 Å². The van der Waals surface area contributed by atoms with Crippen LogP contribution in [0.25, 0.3) is 0 Å². The lowest BCUT2D eigenvalue weighted by atomic mass is 10.1. The van der Waals surface area contributed by atoms with Gasteiger partial charge in [-0.05, 0) is 25.2 Å². The largest absolute Gasteiger partial charge is 0.323 e. The van der Waals surface area contributed by atoms with E-state index in [0.717, 1.165) is 25.2 Å². The van der Waals surface area contributed by atoms with Gasteiger partial charge in [-0.3, -0.25) is 10.1 Å². The number of nitrogens with zero attached hydrogens (tertiary/aromatic N) is 1. The highest BCUT2D eigenvalue weighted by atomic mass is 16.2. The number of unbranched alkanes of at least 4 members (excludes halogenated alkanes) is 1. The summed E-state index contributed by atoms with van der Waals surface area (Å²) in [5.74, 6) is 1.13. The van der Waals surface area contributed by atoms with Crippen LogP contribution in [0.3, 0.4) is 0 Å². The molecule has 0 bridgehead atoms. The average Bonchev–Trinajstić information content (AvgIpc) is 3.05. The molecule has 2 fully saturated rings. The van der Waals surface area contributed by atoms with Crippen LogP contribution >= 0.6 is 0 Å². The molecule has 4 unspecified atom stereocenters. The van der Waals surface area contributed by atoms with Gasteiger partial charge in [-0.15, -0.1) is 0 Å². The summed E-state index contributed by atoms with van der Waals surface area (Å²) in [4.78, 5) is 14.5. The van der Waals surface area contributed by atoms with Gasteiger partial charge in [-0.25, -0.2) is 0 Å². The van der Waals surface area contributed by atoms with Crippen molar-refractivity contribution in [1.82, 2.24) is 10.2 Å². The molecule has 0 aromatic heterocycles. The third-order valence-corrected chi connectivity index (χ3v) is 4.28. The number of rotatable bonds is 6. The van der Waals surface area contributed by atoms with Crippen molar-refractivity contribution in [2.45, 2.75) is 77.5 Å². The summed E-state index contributed by atoms with van der Waals surface area (Å²) in [6, 6.07) is 0.634. The fourth-order valence-corrected chi connectivity index (χ4v) is 3.05. The summed E-state index contributed by atoms with van der Waals surface area (Å²) in [6.07, 6.45) is 7.09. The van der Waals surface area contributed by atoms with E-state index in [9.17, 15) is 4.79 Å². The Morgan fingerprint density at radius 3 is 2.59 bits per heavy atom. The van der Waals surface area contributed by atoms with E-state index in [1.54, 1.807) is 0 Å². The molecule has 0 radical (unpaired) electrons. The lowest BCUT2D eigenvalue weighted by molar-refractivity contribution is -0.131. The Kier molecular flexibility index (Phi) is 4.08. The van der Waals surface area contributed by atoms with Crippen LogP contribution in [0.1, 0.15) is 59.3 Å². The van der Waals surface area contributed by atoms with Gasteiger partial charge in [0.1, 0.15) is 0 Å². The second-order valence-electron chi connectivity index (χ2n) is 5.50. The quantitative estimate of drug-likeness (QED) is 0.771. The van der Waals surface area contributed by atoms with Crippen molar-refractivity contribution < 1.29 is 4.79 Å². The van der Waals surface area contributed by atoms with E-state index >= 15 is 0 Å². The van der Waals surface area contributed by atoms with Crippen LogP contribution in [-0.2, 0) is 4.79 Å². The van der Waals surface area contributed by atoms with E-state index in [0.29, 0.717) is 18.1 Å². The molecule has 0 aromatic rings. The summed E-state index contributed by atoms with van der Waals surface area (Å²) in [5.41, 5.74) is 0. The number of amides is 1. The van der Waals surface area contributed by atoms with Crippen LogP contribution < -0.4 is 5.32 Å². The fraction of sp³-hybridized carbons (Fsp3) is 0.929. The van der Waals surface area contributed by atoms with Gasteiger partial charge in [0.2, 0.25) is 5.91 Å². The van der Waals surface area contributed by atoms with Crippen molar-refractivity contribution in [3.05, 3.63) is 0 Å². The van der Waals surface area contributed by atoms with Gasteiger partial charge in [0.25, 0.3) is 0 Å². The van der Waals surface area contributed by atoms with Crippen LogP contribution in [0.15, 0.2) is 0 Å². The molecule has 0 spiro atoms. The molecule has 3 nitrogen and oxygen atoms in total. The first-order valence-electron chi connectivity index (χ1n) is 7.31. The molecular formula is C14H26N2O. The molecule has 1 saturated heterocycles. The smallest absolute Gasteiger partial charge is 0.241 e. The van der Waals surface area contributed by atoms with E-state index in [-0.39, 0.29) is 6.04 Å². The van der Waals surface area contributed by atoms with Crippen LogP contribution in [0.2, 0.25) is 0 Å². The third kappa shape index (κ3) is 2.49. The number of carbonyl (C=O) groups is 1. The van der Waals surface area contributed by atoms with Crippen molar-refractivity contribution in [2.75, 3.05) is 0 Å². The monoisotopic (exact) mass is 238 g/mol. The average molecular weight is 238 g/mol. The fourth-order valence-electron chi connectivity index (χ4n) is 3.05. The second-order valence-corrected chi connectivity index (χ2v) is 5.50. The number of hydrogen-bond acceptors (Lipinski definition) is 2. The standard InChI is InChI=1S/C14H26N2O/c1-4-7-8-11-14(17)16(13(6-3)15-11)12-9-10(12)5-2/h10-13,15H,4-9H2,1-3H3. The zero-order chi connectivity index (χ0) is 12.4. The topological polar surface area (TPSA) is 32.3 Å². The van der Waals surface area contributed by atoms with E-state index in [1.165, 1.54) is 19.3 Å². The van der Waals surface area contributed by atoms with Gasteiger partial charge >= 0.3 is 0 Å². The predicted molar refractivity (Wildman–Crippen MR) is 69.6 cm³/mol. The molecule has 3 heteroatoms. The summed E-state index contributed by atoms with van der Waals surface area (Å²) < 4.78 is 0. The molecule has 1 aliphatic heterocycles. The molecule has 1 saturated carbocycles. The highest BCUT2D eigenvalue weighted by Gasteiger charge is 2.49. The zero-order valence-electron chi connectivity index (χ0n) is 11.4. The Hall–Kier alpha value is -0.570. The first kappa shape index (κ1) is 12.9. The SMILES string of the molecule is CCCCC1NC(CC)N(C2CC2CC)C1=O. The van der Waals surface area contributed by atoms with Crippen LogP contribution in [0.4, 0.5) is 0 Å². The molecule has 1 N–H and O–H groups in total. The first-order chi connectivity index (χ1) is 8.22. The summed E-state index contributed by atoms with van der Waals surface area (Å²) >= 11 is 0. The molecule has 2 rings (SSSR count). The van der Waals surface area contributed by atoms with Gasteiger partial charge in [0.05, 0.1) is 12.2 Å².